The Bertz CT molecular complexity index is 2420. The van der Waals surface area contributed by atoms with Crippen LogP contribution >= 0.6 is 23.2 Å². The molecule has 4 aromatic rings. The molecule has 1 N–H and O–H groups in total. The number of halogens is 6. The van der Waals surface area contributed by atoms with Gasteiger partial charge in [-0.15, -0.1) is 0 Å². The summed E-state index contributed by atoms with van der Waals surface area (Å²) in [5.74, 6) is -5.25. The summed E-state index contributed by atoms with van der Waals surface area (Å²) in [5.41, 5.74) is 1.06. The maximum absolute atomic E-state index is 16.2. The van der Waals surface area contributed by atoms with E-state index >= 15 is 4.39 Å². The minimum Gasteiger partial charge on any atom is -0.457 e. The number of hydrogen-bond acceptors (Lipinski definition) is 8. The number of piperidine rings is 1. The number of fused-ring (bicyclic) bond motifs is 2. The molecule has 4 amide bonds. The van der Waals surface area contributed by atoms with Gasteiger partial charge in [-0.25, -0.2) is 9.37 Å². The van der Waals surface area contributed by atoms with Crippen molar-refractivity contribution in [1.82, 2.24) is 34.5 Å². The average Bonchev–Trinajstić information content (AvgIpc) is 3.62. The van der Waals surface area contributed by atoms with E-state index in [2.05, 4.69) is 15.2 Å². The lowest BCUT2D eigenvalue weighted by atomic mass is 9.80. The largest absolute Gasteiger partial charge is 0.457 e. The van der Waals surface area contributed by atoms with E-state index in [1.807, 2.05) is 11.6 Å². The first kappa shape index (κ1) is 48.7. The molecule has 0 unspecified atom stereocenters. The van der Waals surface area contributed by atoms with Crippen molar-refractivity contribution in [2.75, 3.05) is 46.9 Å². The van der Waals surface area contributed by atoms with Crippen molar-refractivity contribution >= 4 is 46.8 Å². The number of benzene rings is 3. The molecule has 354 valence electrons. The van der Waals surface area contributed by atoms with Crippen LogP contribution in [0.5, 0.6) is 11.5 Å². The second-order valence-corrected chi connectivity index (χ2v) is 18.3. The average molecular weight is 959 g/mol. The van der Waals surface area contributed by atoms with E-state index in [0.717, 1.165) is 59.7 Å². The summed E-state index contributed by atoms with van der Waals surface area (Å²) in [7, 11) is 4.81. The molecule has 4 heterocycles. The Balaban J connectivity index is 1.22. The molecule has 0 spiro atoms. The van der Waals surface area contributed by atoms with E-state index < -0.39 is 78.5 Å². The van der Waals surface area contributed by atoms with E-state index in [1.54, 1.807) is 54.7 Å². The summed E-state index contributed by atoms with van der Waals surface area (Å²) in [6.45, 7) is 3.02. The molecule has 0 aliphatic carbocycles. The zero-order chi connectivity index (χ0) is 47.5. The zero-order valence-corrected chi connectivity index (χ0v) is 38.7. The van der Waals surface area contributed by atoms with E-state index in [9.17, 15) is 32.3 Å². The van der Waals surface area contributed by atoms with Crippen molar-refractivity contribution < 1.29 is 46.2 Å². The van der Waals surface area contributed by atoms with Crippen LogP contribution in [0.3, 0.4) is 0 Å². The Morgan fingerprint density at radius 1 is 0.909 bits per heavy atom. The van der Waals surface area contributed by atoms with E-state index in [0.29, 0.717) is 17.9 Å². The lowest BCUT2D eigenvalue weighted by molar-refractivity contribution is -0.166. The second-order valence-electron chi connectivity index (χ2n) is 17.5. The fourth-order valence-electron chi connectivity index (χ4n) is 9.03. The maximum Gasteiger partial charge on any atom is 0.389 e. The minimum absolute atomic E-state index is 0.0554. The molecule has 7 rings (SSSR count). The quantitative estimate of drug-likeness (QED) is 0.146. The normalized spacial score (nSPS) is 22.6. The monoisotopic (exact) mass is 957 g/mol. The molecule has 4 atom stereocenters. The highest BCUT2D eigenvalue weighted by molar-refractivity contribution is 6.31. The molecule has 0 saturated carbocycles. The van der Waals surface area contributed by atoms with Crippen LogP contribution in [0.2, 0.25) is 10.0 Å². The van der Waals surface area contributed by atoms with Crippen molar-refractivity contribution in [3.8, 4) is 22.8 Å². The van der Waals surface area contributed by atoms with Crippen LogP contribution in [-0.2, 0) is 50.5 Å². The summed E-state index contributed by atoms with van der Waals surface area (Å²) < 4.78 is 72.9. The number of likely N-dealkylation sites (N-methyl/N-ethyl adjacent to an activating group) is 1. The Morgan fingerprint density at radius 2 is 1.62 bits per heavy atom. The molecule has 3 aliphatic rings. The van der Waals surface area contributed by atoms with Gasteiger partial charge in [0, 0.05) is 61.9 Å². The van der Waals surface area contributed by atoms with Gasteiger partial charge in [0.25, 0.3) is 0 Å². The third-order valence-corrected chi connectivity index (χ3v) is 13.4. The van der Waals surface area contributed by atoms with Crippen LogP contribution in [0.15, 0.2) is 66.9 Å². The topological polar surface area (TPSA) is 130 Å². The molecule has 3 fully saturated rings. The Hall–Kier alpha value is -5.23. The Morgan fingerprint density at radius 3 is 2.27 bits per heavy atom. The molecule has 2 bridgehead atoms. The number of rotatable bonds is 12. The summed E-state index contributed by atoms with van der Waals surface area (Å²) in [6.07, 6.45) is -3.66. The van der Waals surface area contributed by atoms with Crippen molar-refractivity contribution in [1.29, 1.82) is 0 Å². The number of ether oxygens (including phenoxy) is 2. The highest BCUT2D eigenvalue weighted by atomic mass is 35.5. The summed E-state index contributed by atoms with van der Waals surface area (Å²) in [4.78, 5) is 68.3. The van der Waals surface area contributed by atoms with Gasteiger partial charge in [0.1, 0.15) is 35.2 Å². The van der Waals surface area contributed by atoms with Crippen LogP contribution < -0.4 is 10.1 Å². The van der Waals surface area contributed by atoms with Crippen LogP contribution in [-0.4, -0.2) is 124 Å². The molecule has 1 aromatic heterocycles. The minimum atomic E-state index is -4.87. The zero-order valence-electron chi connectivity index (χ0n) is 37.2. The standard InChI is InChI=1S/C47H53Cl2F4N7O6/c1-29-43(62)55-38(27-65-4)45(64)57(3)46(22-30-7-11-33(48)12-8-30)15-5-18-59(28-46)44(63)32(23-47(51,52)53)19-42(61)60(29)25-36-37(50)20-34(49)21-40(36)66-35-13-9-31(10-14-35)39-24-54-41(56(39)2)26-58-16-6-17-58/h7-14,20-21,24,29,32,38H,5-6,15-19,22-23,25-28H2,1-4H3,(H,55,62)/t29-,32-,38-,46+/m0/s1. The molecule has 3 aliphatic heterocycles. The van der Waals surface area contributed by atoms with Gasteiger partial charge in [-0.3, -0.25) is 24.1 Å². The number of hydrogen-bond donors (Lipinski definition) is 1. The number of likely N-dealkylation sites (tertiary alicyclic amines) is 1. The van der Waals surface area contributed by atoms with Crippen LogP contribution in [0, 0.1) is 11.7 Å². The first-order valence-electron chi connectivity index (χ1n) is 21.8. The number of carbonyl (C=O) groups is 4. The van der Waals surface area contributed by atoms with E-state index in [4.69, 9.17) is 32.7 Å². The van der Waals surface area contributed by atoms with Crippen LogP contribution in [0.1, 0.15) is 56.0 Å². The van der Waals surface area contributed by atoms with Gasteiger partial charge in [-0.2, -0.15) is 13.2 Å². The van der Waals surface area contributed by atoms with Gasteiger partial charge in [-0.05, 0) is 99.8 Å². The fraction of sp³-hybridized carbons (Fsp3) is 0.468. The predicted molar refractivity (Wildman–Crippen MR) is 239 cm³/mol. The summed E-state index contributed by atoms with van der Waals surface area (Å²) in [5, 5.41) is 3.11. The van der Waals surface area contributed by atoms with Crippen LogP contribution in [0.4, 0.5) is 17.6 Å². The lowest BCUT2D eigenvalue weighted by Crippen LogP contribution is -2.65. The molecule has 13 nitrogen and oxygen atoms in total. The Kier molecular flexibility index (Phi) is 15.0. The van der Waals surface area contributed by atoms with E-state index in [1.165, 1.54) is 36.9 Å². The third-order valence-electron chi connectivity index (χ3n) is 12.9. The highest BCUT2D eigenvalue weighted by Gasteiger charge is 2.48. The second kappa shape index (κ2) is 20.3. The molecular weight excluding hydrogens is 905 g/mol. The number of aromatic nitrogens is 2. The van der Waals surface area contributed by atoms with Gasteiger partial charge < -0.3 is 34.1 Å². The first-order valence-corrected chi connectivity index (χ1v) is 22.6. The number of carbonyl (C=O) groups excluding carboxylic acids is 4. The molecular formula is C47H53Cl2F4N7O6. The number of methoxy groups -OCH3 is 1. The summed E-state index contributed by atoms with van der Waals surface area (Å²) in [6, 6.07) is 13.3. The number of imidazole rings is 1. The number of nitrogens with zero attached hydrogens (tertiary/aromatic N) is 6. The van der Waals surface area contributed by atoms with Crippen molar-refractivity contribution in [3.05, 3.63) is 99.7 Å². The molecule has 3 saturated heterocycles. The van der Waals surface area contributed by atoms with Gasteiger partial charge in [0.15, 0.2) is 0 Å². The first-order chi connectivity index (χ1) is 31.3. The highest BCUT2D eigenvalue weighted by Crippen LogP contribution is 2.37. The molecule has 0 radical (unpaired) electrons. The Labute approximate surface area is 390 Å². The van der Waals surface area contributed by atoms with Gasteiger partial charge in [-0.1, -0.05) is 35.3 Å². The van der Waals surface area contributed by atoms with Gasteiger partial charge in [0.05, 0.1) is 49.5 Å². The fourth-order valence-corrected chi connectivity index (χ4v) is 9.35. The molecule has 3 aromatic carbocycles. The lowest BCUT2D eigenvalue weighted by Gasteiger charge is -2.50. The predicted octanol–water partition coefficient (Wildman–Crippen LogP) is 7.41. The molecule has 66 heavy (non-hydrogen) atoms. The van der Waals surface area contributed by atoms with Gasteiger partial charge >= 0.3 is 6.18 Å². The third kappa shape index (κ3) is 11.1. The smallest absolute Gasteiger partial charge is 0.389 e. The van der Waals surface area contributed by atoms with Crippen molar-refractivity contribution in [2.45, 2.75) is 82.3 Å². The van der Waals surface area contributed by atoms with E-state index in [-0.39, 0.29) is 48.2 Å². The van der Waals surface area contributed by atoms with Crippen LogP contribution in [0.25, 0.3) is 11.3 Å². The SMILES string of the molecule is COC[C@@H]1NC(=O)[C@H](C)N(Cc2c(F)cc(Cl)cc2Oc2ccc(-c3cnc(CN4CCC4)n3C)cc2)C(=O)C[C@@H](CC(F)(F)F)C(=O)N2CCC[C@@](Cc3ccc(Cl)cc3)(C2)N(C)C1=O. The number of amides is 4. The summed E-state index contributed by atoms with van der Waals surface area (Å²) >= 11 is 12.5. The van der Waals surface area contributed by atoms with Crippen molar-refractivity contribution in [3.63, 3.8) is 0 Å². The number of nitrogens with one attached hydrogen (secondary N) is 1. The number of alkyl halides is 3. The molecule has 19 heteroatoms. The van der Waals surface area contributed by atoms with Gasteiger partial charge in [0.2, 0.25) is 23.6 Å². The maximum atomic E-state index is 16.2. The van der Waals surface area contributed by atoms with Crippen molar-refractivity contribution in [2.24, 2.45) is 13.0 Å².